The molecule has 0 aliphatic rings. The van der Waals surface area contributed by atoms with E-state index in [1.165, 1.54) is 6.07 Å². The van der Waals surface area contributed by atoms with Gasteiger partial charge in [0.2, 0.25) is 5.95 Å². The maximum absolute atomic E-state index is 11.9. The van der Waals surface area contributed by atoms with Gasteiger partial charge in [-0.2, -0.15) is 0 Å². The molecule has 0 unspecified atom stereocenters. The van der Waals surface area contributed by atoms with Crippen molar-refractivity contribution in [2.75, 3.05) is 12.4 Å². The second-order valence-electron chi connectivity index (χ2n) is 4.81. The fraction of sp³-hybridized carbons (Fsp3) is 0.0588. The molecule has 0 spiro atoms. The van der Waals surface area contributed by atoms with Gasteiger partial charge in [-0.3, -0.25) is 9.78 Å². The third kappa shape index (κ3) is 3.60. The van der Waals surface area contributed by atoms with Gasteiger partial charge in [0.1, 0.15) is 5.75 Å². The average Bonchev–Trinajstić information content (AvgIpc) is 2.56. The molecule has 0 aliphatic heterocycles. The minimum atomic E-state index is -0.222. The van der Waals surface area contributed by atoms with Crippen molar-refractivity contribution in [3.63, 3.8) is 0 Å². The van der Waals surface area contributed by atoms with E-state index in [1.54, 1.807) is 7.11 Å². The van der Waals surface area contributed by atoms with Crippen LogP contribution in [0.15, 0.2) is 63.9 Å². The first-order valence-electron chi connectivity index (χ1n) is 6.93. The summed E-state index contributed by atoms with van der Waals surface area (Å²) in [6.45, 7) is 0. The van der Waals surface area contributed by atoms with E-state index in [2.05, 4.69) is 31.2 Å². The first kappa shape index (κ1) is 15.3. The molecule has 2 N–H and O–H groups in total. The minimum absolute atomic E-state index is 0.222. The number of anilines is 2. The van der Waals surface area contributed by atoms with Gasteiger partial charge in [0.15, 0.2) is 0 Å². The van der Waals surface area contributed by atoms with Gasteiger partial charge >= 0.3 is 0 Å². The zero-order chi connectivity index (χ0) is 16.2. The smallest absolute Gasteiger partial charge is 0.252 e. The van der Waals surface area contributed by atoms with E-state index in [-0.39, 0.29) is 5.56 Å². The lowest BCUT2D eigenvalue weighted by molar-refractivity contribution is 0.415. The Labute approximate surface area is 141 Å². The molecule has 0 radical (unpaired) electrons. The van der Waals surface area contributed by atoms with E-state index < -0.39 is 0 Å². The Morgan fingerprint density at radius 2 is 1.87 bits per heavy atom. The second-order valence-corrected chi connectivity index (χ2v) is 5.67. The van der Waals surface area contributed by atoms with Crippen molar-refractivity contribution in [3.8, 4) is 17.0 Å². The molecule has 0 amide bonds. The maximum Gasteiger partial charge on any atom is 0.252 e. The van der Waals surface area contributed by atoms with Crippen LogP contribution in [0.1, 0.15) is 0 Å². The molecule has 0 aliphatic carbocycles. The van der Waals surface area contributed by atoms with Crippen LogP contribution in [0, 0.1) is 0 Å². The number of nitrogens with zero attached hydrogens (tertiary/aromatic N) is 1. The number of rotatable bonds is 4. The fourth-order valence-corrected chi connectivity index (χ4v) is 2.50. The summed E-state index contributed by atoms with van der Waals surface area (Å²) in [6.07, 6.45) is 0. The SMILES string of the molecule is COc1ccc(-c2cc(=O)[nH]c(Nc3ccccc3Br)n2)cc1. The summed E-state index contributed by atoms with van der Waals surface area (Å²) in [6, 6.07) is 16.5. The number of para-hydroxylation sites is 1. The molecule has 0 atom stereocenters. The van der Waals surface area contributed by atoms with Crippen molar-refractivity contribution in [1.82, 2.24) is 9.97 Å². The number of methoxy groups -OCH3 is 1. The van der Waals surface area contributed by atoms with Crippen LogP contribution in [0.3, 0.4) is 0 Å². The van der Waals surface area contributed by atoms with Crippen LogP contribution >= 0.6 is 15.9 Å². The number of ether oxygens (including phenoxy) is 1. The molecule has 0 saturated heterocycles. The number of nitrogens with one attached hydrogen (secondary N) is 2. The quantitative estimate of drug-likeness (QED) is 0.728. The van der Waals surface area contributed by atoms with Gasteiger partial charge in [-0.05, 0) is 52.3 Å². The second kappa shape index (κ2) is 6.66. The van der Waals surface area contributed by atoms with Gasteiger partial charge < -0.3 is 10.1 Å². The van der Waals surface area contributed by atoms with E-state index in [4.69, 9.17) is 4.74 Å². The van der Waals surface area contributed by atoms with E-state index in [0.29, 0.717) is 11.6 Å². The highest BCUT2D eigenvalue weighted by Gasteiger charge is 2.06. The number of H-pyrrole nitrogens is 1. The number of aromatic amines is 1. The number of hydrogen-bond acceptors (Lipinski definition) is 4. The molecule has 5 nitrogen and oxygen atoms in total. The Morgan fingerprint density at radius 3 is 2.57 bits per heavy atom. The van der Waals surface area contributed by atoms with Crippen molar-refractivity contribution >= 4 is 27.6 Å². The lowest BCUT2D eigenvalue weighted by atomic mass is 10.1. The van der Waals surface area contributed by atoms with E-state index in [1.807, 2.05) is 48.5 Å². The van der Waals surface area contributed by atoms with Crippen molar-refractivity contribution in [1.29, 1.82) is 0 Å². The van der Waals surface area contributed by atoms with E-state index in [9.17, 15) is 4.79 Å². The average molecular weight is 372 g/mol. The summed E-state index contributed by atoms with van der Waals surface area (Å²) < 4.78 is 6.03. The molecule has 2 aromatic carbocycles. The molecular weight excluding hydrogens is 358 g/mol. The van der Waals surface area contributed by atoms with Crippen molar-refractivity contribution < 1.29 is 4.74 Å². The number of aromatic nitrogens is 2. The first-order valence-corrected chi connectivity index (χ1v) is 7.72. The van der Waals surface area contributed by atoms with E-state index in [0.717, 1.165) is 21.5 Å². The molecular formula is C17H14BrN3O2. The highest BCUT2D eigenvalue weighted by atomic mass is 79.9. The largest absolute Gasteiger partial charge is 0.497 e. The Bertz CT molecular complexity index is 876. The van der Waals surface area contributed by atoms with Gasteiger partial charge in [-0.25, -0.2) is 4.98 Å². The maximum atomic E-state index is 11.9. The summed E-state index contributed by atoms with van der Waals surface area (Å²) in [5, 5.41) is 3.11. The molecule has 23 heavy (non-hydrogen) atoms. The van der Waals surface area contributed by atoms with Gasteiger partial charge in [0.25, 0.3) is 5.56 Å². The van der Waals surface area contributed by atoms with Crippen LogP contribution < -0.4 is 15.6 Å². The standard InChI is InChI=1S/C17H14BrN3O2/c1-23-12-8-6-11(7-9-12)15-10-16(22)21-17(20-15)19-14-5-3-2-4-13(14)18/h2-10H,1H3,(H2,19,20,21,22). The Balaban J connectivity index is 1.95. The predicted molar refractivity (Wildman–Crippen MR) is 94.3 cm³/mol. The van der Waals surface area contributed by atoms with Crippen LogP contribution in [0.25, 0.3) is 11.3 Å². The highest BCUT2D eigenvalue weighted by molar-refractivity contribution is 9.10. The topological polar surface area (TPSA) is 67.0 Å². The van der Waals surface area contributed by atoms with Gasteiger partial charge in [-0.15, -0.1) is 0 Å². The van der Waals surface area contributed by atoms with Crippen LogP contribution in [0.5, 0.6) is 5.75 Å². The summed E-state index contributed by atoms with van der Waals surface area (Å²) in [4.78, 5) is 19.1. The van der Waals surface area contributed by atoms with Crippen LogP contribution in [0.4, 0.5) is 11.6 Å². The molecule has 116 valence electrons. The molecule has 6 heteroatoms. The zero-order valence-electron chi connectivity index (χ0n) is 12.3. The predicted octanol–water partition coefficient (Wildman–Crippen LogP) is 3.95. The highest BCUT2D eigenvalue weighted by Crippen LogP contribution is 2.25. The molecule has 0 bridgehead atoms. The van der Waals surface area contributed by atoms with Crippen molar-refractivity contribution in [2.45, 2.75) is 0 Å². The Hall–Kier alpha value is -2.60. The Morgan fingerprint density at radius 1 is 1.13 bits per heavy atom. The van der Waals surface area contributed by atoms with Crippen LogP contribution in [0.2, 0.25) is 0 Å². The molecule has 3 rings (SSSR count). The summed E-state index contributed by atoms with van der Waals surface area (Å²) in [5.74, 6) is 1.14. The summed E-state index contributed by atoms with van der Waals surface area (Å²) >= 11 is 3.46. The van der Waals surface area contributed by atoms with E-state index >= 15 is 0 Å². The van der Waals surface area contributed by atoms with Gasteiger partial charge in [0.05, 0.1) is 18.5 Å². The summed E-state index contributed by atoms with van der Waals surface area (Å²) in [7, 11) is 1.61. The van der Waals surface area contributed by atoms with Crippen molar-refractivity contribution in [2.24, 2.45) is 0 Å². The monoisotopic (exact) mass is 371 g/mol. The van der Waals surface area contributed by atoms with Crippen LogP contribution in [-0.4, -0.2) is 17.1 Å². The normalized spacial score (nSPS) is 10.3. The lowest BCUT2D eigenvalue weighted by Gasteiger charge is -2.09. The first-order chi connectivity index (χ1) is 11.2. The number of halogens is 1. The van der Waals surface area contributed by atoms with Gasteiger partial charge in [0, 0.05) is 16.1 Å². The molecule has 1 heterocycles. The lowest BCUT2D eigenvalue weighted by Crippen LogP contribution is -2.10. The van der Waals surface area contributed by atoms with Crippen molar-refractivity contribution in [3.05, 3.63) is 69.4 Å². The Kier molecular flexibility index (Phi) is 4.43. The molecule has 0 fully saturated rings. The zero-order valence-corrected chi connectivity index (χ0v) is 13.9. The van der Waals surface area contributed by atoms with Gasteiger partial charge in [-0.1, -0.05) is 12.1 Å². The van der Waals surface area contributed by atoms with Crippen LogP contribution in [-0.2, 0) is 0 Å². The number of hydrogen-bond donors (Lipinski definition) is 2. The molecule has 3 aromatic rings. The third-order valence-corrected chi connectivity index (χ3v) is 3.95. The third-order valence-electron chi connectivity index (χ3n) is 3.25. The fourth-order valence-electron chi connectivity index (χ4n) is 2.12. The number of benzene rings is 2. The molecule has 0 saturated carbocycles. The minimum Gasteiger partial charge on any atom is -0.497 e. The molecule has 1 aromatic heterocycles. The summed E-state index contributed by atoms with van der Waals surface area (Å²) in [5.41, 5.74) is 2.03.